The van der Waals surface area contributed by atoms with Crippen molar-refractivity contribution in [1.29, 1.82) is 0 Å². The zero-order chi connectivity index (χ0) is 26.0. The molecule has 0 atom stereocenters. The molecular formula is C28H26Cl3FN4O. The van der Waals surface area contributed by atoms with E-state index in [-0.39, 0.29) is 34.1 Å². The van der Waals surface area contributed by atoms with Crippen molar-refractivity contribution in [2.45, 2.75) is 24.8 Å². The highest BCUT2D eigenvalue weighted by Crippen LogP contribution is 2.47. The largest absolute Gasteiger partial charge is 0.334 e. The smallest absolute Gasteiger partial charge is 0.322 e. The second-order valence-electron chi connectivity index (χ2n) is 9.56. The number of nitrogens with one attached hydrogen (secondary N) is 1. The van der Waals surface area contributed by atoms with Crippen LogP contribution in [0.15, 0.2) is 60.7 Å². The minimum atomic E-state index is -0.283. The number of amides is 2. The fraction of sp³-hybridized carbons (Fsp3) is 0.286. The van der Waals surface area contributed by atoms with Crippen LogP contribution in [0.4, 0.5) is 14.9 Å². The van der Waals surface area contributed by atoms with E-state index in [1.807, 2.05) is 24.3 Å². The van der Waals surface area contributed by atoms with Crippen LogP contribution < -0.4 is 10.2 Å². The molecule has 0 saturated carbocycles. The quantitative estimate of drug-likeness (QED) is 0.344. The Hall–Kier alpha value is -2.64. The van der Waals surface area contributed by atoms with Crippen molar-refractivity contribution in [2.24, 2.45) is 0 Å². The number of piperidine rings is 1. The van der Waals surface area contributed by atoms with Gasteiger partial charge in [-0.3, -0.25) is 9.80 Å². The number of nitrogens with zero attached hydrogens (tertiary/aromatic N) is 3. The van der Waals surface area contributed by atoms with Crippen molar-refractivity contribution >= 4 is 52.6 Å². The lowest BCUT2D eigenvalue weighted by molar-refractivity contribution is 0.180. The van der Waals surface area contributed by atoms with Crippen molar-refractivity contribution in [3.63, 3.8) is 0 Å². The fourth-order valence-electron chi connectivity index (χ4n) is 5.21. The van der Waals surface area contributed by atoms with E-state index in [1.165, 1.54) is 6.07 Å². The Morgan fingerprint density at radius 3 is 2.43 bits per heavy atom. The van der Waals surface area contributed by atoms with Gasteiger partial charge in [-0.05, 0) is 85.1 Å². The monoisotopic (exact) mass is 558 g/mol. The molecule has 9 heteroatoms. The molecule has 1 aromatic heterocycles. The number of aromatic nitrogens is 1. The summed E-state index contributed by atoms with van der Waals surface area (Å²) in [6.07, 6.45) is 5.94. The highest BCUT2D eigenvalue weighted by atomic mass is 35.5. The van der Waals surface area contributed by atoms with Gasteiger partial charge in [0, 0.05) is 35.8 Å². The van der Waals surface area contributed by atoms with E-state index >= 15 is 0 Å². The molecular weight excluding hydrogens is 534 g/mol. The zero-order valence-corrected chi connectivity index (χ0v) is 22.3. The molecule has 0 unspecified atom stereocenters. The number of likely N-dealkylation sites (tertiary alicyclic amines) is 1. The number of rotatable bonds is 5. The highest BCUT2D eigenvalue weighted by Gasteiger charge is 2.46. The second-order valence-corrected chi connectivity index (χ2v) is 10.8. The maximum absolute atomic E-state index is 14.3. The van der Waals surface area contributed by atoms with E-state index in [0.29, 0.717) is 6.54 Å². The summed E-state index contributed by atoms with van der Waals surface area (Å²) in [5.74, 6) is -0.283. The zero-order valence-electron chi connectivity index (χ0n) is 20.1. The van der Waals surface area contributed by atoms with Crippen molar-refractivity contribution in [3.8, 4) is 0 Å². The molecule has 0 bridgehead atoms. The topological polar surface area (TPSA) is 48.5 Å². The molecule has 37 heavy (non-hydrogen) atoms. The van der Waals surface area contributed by atoms with E-state index in [4.69, 9.17) is 34.8 Å². The Morgan fingerprint density at radius 1 is 1.03 bits per heavy atom. The lowest BCUT2D eigenvalue weighted by atomic mass is 9.74. The minimum Gasteiger partial charge on any atom is -0.334 e. The third kappa shape index (κ3) is 5.93. The standard InChI is InChI=1S/C28H26Cl3FN4O/c29-21-5-3-19(4-6-21)2-1-11-35-12-9-28(10-13-35)18-36(24-8-7-22(32)16-23(24)28)27(37)33-17-20-14-25(30)34-26(31)15-20/h1-8,14-16H,9-13,17-18H2,(H,33,37)/b2-1+. The maximum Gasteiger partial charge on any atom is 0.322 e. The third-order valence-corrected chi connectivity index (χ3v) is 7.79. The summed E-state index contributed by atoms with van der Waals surface area (Å²) in [6, 6.07) is 15.6. The van der Waals surface area contributed by atoms with Crippen LogP contribution in [0.3, 0.4) is 0 Å². The number of fused-ring (bicyclic) bond motifs is 2. The van der Waals surface area contributed by atoms with Crippen LogP contribution in [0.1, 0.15) is 29.5 Å². The van der Waals surface area contributed by atoms with Crippen molar-refractivity contribution in [1.82, 2.24) is 15.2 Å². The van der Waals surface area contributed by atoms with E-state index in [2.05, 4.69) is 27.4 Å². The summed E-state index contributed by atoms with van der Waals surface area (Å²) in [5, 5.41) is 4.21. The van der Waals surface area contributed by atoms with Crippen LogP contribution in [-0.4, -0.2) is 42.1 Å². The van der Waals surface area contributed by atoms with Crippen molar-refractivity contribution < 1.29 is 9.18 Å². The van der Waals surface area contributed by atoms with Crippen LogP contribution in [0.25, 0.3) is 6.08 Å². The molecule has 2 aliphatic rings. The summed E-state index contributed by atoms with van der Waals surface area (Å²) in [7, 11) is 0. The number of anilines is 1. The predicted octanol–water partition coefficient (Wildman–Crippen LogP) is 6.96. The third-order valence-electron chi connectivity index (χ3n) is 7.15. The number of urea groups is 1. The lowest BCUT2D eigenvalue weighted by Crippen LogP contribution is -2.47. The summed E-state index contributed by atoms with van der Waals surface area (Å²) in [5.41, 5.74) is 3.27. The Bertz CT molecular complexity index is 1300. The van der Waals surface area contributed by atoms with E-state index in [0.717, 1.165) is 59.9 Å². The second kappa shape index (κ2) is 11.0. The first-order valence-corrected chi connectivity index (χ1v) is 13.3. The molecule has 0 radical (unpaired) electrons. The molecule has 1 N–H and O–H groups in total. The first-order chi connectivity index (χ1) is 17.8. The van der Waals surface area contributed by atoms with Gasteiger partial charge in [0.25, 0.3) is 0 Å². The normalized spacial score (nSPS) is 16.9. The Kier molecular flexibility index (Phi) is 7.72. The average molecular weight is 560 g/mol. The maximum atomic E-state index is 14.3. The van der Waals surface area contributed by atoms with Crippen LogP contribution in [0.5, 0.6) is 0 Å². The molecule has 2 aromatic carbocycles. The number of pyridine rings is 1. The first-order valence-electron chi connectivity index (χ1n) is 12.1. The van der Waals surface area contributed by atoms with Gasteiger partial charge in [0.1, 0.15) is 16.1 Å². The van der Waals surface area contributed by atoms with Gasteiger partial charge in [-0.2, -0.15) is 0 Å². The molecule has 5 nitrogen and oxygen atoms in total. The summed E-state index contributed by atoms with van der Waals surface area (Å²) in [4.78, 5) is 21.3. The molecule has 2 amide bonds. The summed E-state index contributed by atoms with van der Waals surface area (Å²) in [6.45, 7) is 3.34. The highest BCUT2D eigenvalue weighted by molar-refractivity contribution is 6.32. The van der Waals surface area contributed by atoms with Gasteiger partial charge in [0.05, 0.1) is 0 Å². The fourth-order valence-corrected chi connectivity index (χ4v) is 5.85. The van der Waals surface area contributed by atoms with Gasteiger partial charge in [-0.1, -0.05) is 59.1 Å². The van der Waals surface area contributed by atoms with Crippen LogP contribution in [0, 0.1) is 5.82 Å². The van der Waals surface area contributed by atoms with E-state index in [9.17, 15) is 9.18 Å². The molecule has 0 aliphatic carbocycles. The number of benzene rings is 2. The number of halogens is 4. The molecule has 1 saturated heterocycles. The van der Waals surface area contributed by atoms with Crippen LogP contribution in [0.2, 0.25) is 15.3 Å². The Balaban J connectivity index is 1.25. The molecule has 3 heterocycles. The van der Waals surface area contributed by atoms with Gasteiger partial charge in [0.2, 0.25) is 0 Å². The van der Waals surface area contributed by atoms with Gasteiger partial charge in [-0.25, -0.2) is 14.2 Å². The number of hydrogen-bond donors (Lipinski definition) is 1. The van der Waals surface area contributed by atoms with Gasteiger partial charge < -0.3 is 5.32 Å². The molecule has 5 rings (SSSR count). The predicted molar refractivity (Wildman–Crippen MR) is 148 cm³/mol. The Morgan fingerprint density at radius 2 is 1.73 bits per heavy atom. The van der Waals surface area contributed by atoms with Crippen molar-refractivity contribution in [2.75, 3.05) is 31.1 Å². The van der Waals surface area contributed by atoms with Crippen LogP contribution >= 0.6 is 34.8 Å². The van der Waals surface area contributed by atoms with Crippen molar-refractivity contribution in [3.05, 3.63) is 98.5 Å². The number of carbonyl (C=O) groups excluding carboxylic acids is 1. The van der Waals surface area contributed by atoms with Gasteiger partial charge in [-0.15, -0.1) is 0 Å². The molecule has 1 fully saturated rings. The van der Waals surface area contributed by atoms with E-state index in [1.54, 1.807) is 29.2 Å². The van der Waals surface area contributed by atoms with Gasteiger partial charge >= 0.3 is 6.03 Å². The van der Waals surface area contributed by atoms with Gasteiger partial charge in [0.15, 0.2) is 0 Å². The molecule has 192 valence electrons. The number of hydrogen-bond acceptors (Lipinski definition) is 3. The minimum absolute atomic E-state index is 0.234. The molecule has 3 aromatic rings. The summed E-state index contributed by atoms with van der Waals surface area (Å²) >= 11 is 17.9. The Labute approximate surface area is 230 Å². The number of carbonyl (C=O) groups is 1. The first kappa shape index (κ1) is 26.0. The molecule has 2 aliphatic heterocycles. The van der Waals surface area contributed by atoms with E-state index < -0.39 is 0 Å². The average Bonchev–Trinajstić information content (AvgIpc) is 3.17. The SMILES string of the molecule is O=C(NCc1cc(Cl)nc(Cl)c1)N1CC2(CCN(C/C=C/c3ccc(Cl)cc3)CC2)c2cc(F)ccc21. The molecule has 1 spiro atoms. The summed E-state index contributed by atoms with van der Waals surface area (Å²) < 4.78 is 14.3. The van der Waals surface area contributed by atoms with Crippen LogP contribution in [-0.2, 0) is 12.0 Å². The lowest BCUT2D eigenvalue weighted by Gasteiger charge is -2.39.